The van der Waals surface area contributed by atoms with Gasteiger partial charge in [0, 0.05) is 20.9 Å². The summed E-state index contributed by atoms with van der Waals surface area (Å²) in [5.41, 5.74) is 0. The van der Waals surface area contributed by atoms with Gasteiger partial charge in [-0.3, -0.25) is 10.1 Å². The molecule has 1 aliphatic heterocycles. The zero-order valence-corrected chi connectivity index (χ0v) is 9.07. The zero-order valence-electron chi connectivity index (χ0n) is 5.33. The first-order valence-electron chi connectivity index (χ1n) is 2.80. The summed E-state index contributed by atoms with van der Waals surface area (Å²) in [4.78, 5) is 19.3. The summed E-state index contributed by atoms with van der Waals surface area (Å²) in [6.07, 6.45) is 0.306. The van der Waals surface area contributed by atoms with Crippen molar-refractivity contribution >= 4 is 38.5 Å². The molecule has 0 bridgehead atoms. The van der Waals surface area contributed by atoms with Gasteiger partial charge in [0.15, 0.2) is 10.7 Å². The van der Waals surface area contributed by atoms with Crippen LogP contribution in [-0.2, 0) is 9.78 Å². The second-order valence-electron chi connectivity index (χ2n) is 2.15. The molecular weight excluding hydrogens is 333 g/mol. The molecule has 7 heteroatoms. The predicted molar refractivity (Wildman–Crippen MR) is 48.1 cm³/mol. The number of rotatable bonds is 1. The van der Waals surface area contributed by atoms with Crippen LogP contribution in [0.1, 0.15) is 6.42 Å². The Hall–Kier alpha value is 0.530. The Balaban J connectivity index is 2.63. The van der Waals surface area contributed by atoms with E-state index in [4.69, 9.17) is 0 Å². The monoisotopic (exact) mass is 337 g/mol. The van der Waals surface area contributed by atoms with Gasteiger partial charge in [-0.1, -0.05) is 0 Å². The van der Waals surface area contributed by atoms with E-state index >= 15 is 0 Å². The van der Waals surface area contributed by atoms with Gasteiger partial charge < -0.3 is 0 Å². The van der Waals surface area contributed by atoms with Crippen molar-refractivity contribution in [1.29, 1.82) is 0 Å². The topological polar surface area (TPSA) is 61.6 Å². The molecule has 2 unspecified atom stereocenters. The van der Waals surface area contributed by atoms with Crippen LogP contribution in [0, 0.1) is 10.1 Å². The van der Waals surface area contributed by atoms with Crippen LogP contribution < -0.4 is 0 Å². The average molecular weight is 338 g/mol. The molecule has 0 aromatic heterocycles. The first kappa shape index (κ1) is 9.62. The van der Waals surface area contributed by atoms with E-state index in [0.29, 0.717) is 6.42 Å². The van der Waals surface area contributed by atoms with Crippen LogP contribution in [0.15, 0.2) is 0 Å². The highest BCUT2D eigenvalue weighted by atomic mass is 127. The molecular formula is C4H5BrINO4. The van der Waals surface area contributed by atoms with Gasteiger partial charge in [0.05, 0.1) is 6.42 Å². The summed E-state index contributed by atoms with van der Waals surface area (Å²) in [6.45, 7) is -0.0560. The van der Waals surface area contributed by atoms with Gasteiger partial charge in [-0.2, -0.15) is 0 Å². The van der Waals surface area contributed by atoms with E-state index < -0.39 is 9.37 Å². The minimum absolute atomic E-state index is 0.0560. The third-order valence-electron chi connectivity index (χ3n) is 1.25. The molecule has 2 atom stereocenters. The molecule has 1 heterocycles. The quantitative estimate of drug-likeness (QED) is 0.181. The molecule has 64 valence electrons. The fraction of sp³-hybridized carbons (Fsp3) is 1.00. The first-order chi connectivity index (χ1) is 5.04. The predicted octanol–water partition coefficient (Wildman–Crippen LogP) is 1.47. The smallest absolute Gasteiger partial charge is 0.263 e. The lowest BCUT2D eigenvalue weighted by Gasteiger charge is -2.25. The van der Waals surface area contributed by atoms with Crippen LogP contribution in [0.5, 0.6) is 0 Å². The normalized spacial score (nSPS) is 38.5. The van der Waals surface area contributed by atoms with Crippen LogP contribution in [0.2, 0.25) is 0 Å². The maximum atomic E-state index is 10.4. The lowest BCUT2D eigenvalue weighted by molar-refractivity contribution is -0.563. The Labute approximate surface area is 84.8 Å². The van der Waals surface area contributed by atoms with Crippen LogP contribution in [0.4, 0.5) is 0 Å². The summed E-state index contributed by atoms with van der Waals surface area (Å²) in [6, 6.07) is 0. The molecule has 0 aromatic rings. The molecule has 1 rings (SSSR count). The maximum Gasteiger partial charge on any atom is 0.303 e. The Morgan fingerprint density at radius 3 is 2.82 bits per heavy atom. The van der Waals surface area contributed by atoms with E-state index in [-0.39, 0.29) is 10.7 Å². The molecule has 5 nitrogen and oxygen atoms in total. The average Bonchev–Trinajstić information content (AvgIpc) is 1.86. The van der Waals surface area contributed by atoms with Gasteiger partial charge in [-0.25, -0.2) is 9.78 Å². The Morgan fingerprint density at radius 1 is 1.82 bits per heavy atom. The summed E-state index contributed by atoms with van der Waals surface area (Å²) in [5.74, 6) is 0. The van der Waals surface area contributed by atoms with Crippen LogP contribution >= 0.6 is 38.5 Å². The van der Waals surface area contributed by atoms with E-state index in [9.17, 15) is 10.1 Å². The van der Waals surface area contributed by atoms with Gasteiger partial charge in [0.2, 0.25) is 0 Å². The maximum absolute atomic E-state index is 10.4. The molecule has 11 heavy (non-hydrogen) atoms. The highest BCUT2D eigenvalue weighted by Crippen LogP contribution is 2.32. The van der Waals surface area contributed by atoms with E-state index in [1.54, 1.807) is 0 Å². The van der Waals surface area contributed by atoms with Gasteiger partial charge >= 0.3 is 4.45 Å². The van der Waals surface area contributed by atoms with Crippen molar-refractivity contribution in [1.82, 2.24) is 0 Å². The lowest BCUT2D eigenvalue weighted by atomic mass is 10.2. The van der Waals surface area contributed by atoms with Crippen molar-refractivity contribution in [2.24, 2.45) is 0 Å². The summed E-state index contributed by atoms with van der Waals surface area (Å²) in [7, 11) is 0. The highest BCUT2D eigenvalue weighted by molar-refractivity contribution is 14.1. The highest BCUT2D eigenvalue weighted by Gasteiger charge is 2.46. The van der Waals surface area contributed by atoms with Crippen LogP contribution in [0.25, 0.3) is 0 Å². The van der Waals surface area contributed by atoms with Gasteiger partial charge in [-0.15, -0.1) is 0 Å². The standard InChI is InChI=1S/C4H5BrINO4/c5-4(7(8)9)1-3(6)11-10-2-4/h3H,1-2H2. The summed E-state index contributed by atoms with van der Waals surface area (Å²) >= 11 is 4.93. The third kappa shape index (κ3) is 2.23. The van der Waals surface area contributed by atoms with Crippen molar-refractivity contribution in [2.45, 2.75) is 15.0 Å². The molecule has 0 radical (unpaired) electrons. The molecule has 0 aliphatic carbocycles. The fourth-order valence-electron chi connectivity index (χ4n) is 0.664. The molecule has 0 saturated carbocycles. The minimum Gasteiger partial charge on any atom is -0.263 e. The number of nitro groups is 1. The van der Waals surface area contributed by atoms with Crippen molar-refractivity contribution in [3.63, 3.8) is 0 Å². The third-order valence-corrected chi connectivity index (χ3v) is 2.74. The van der Waals surface area contributed by atoms with E-state index in [1.807, 2.05) is 22.6 Å². The Morgan fingerprint density at radius 2 is 2.45 bits per heavy atom. The fourth-order valence-corrected chi connectivity index (χ4v) is 2.53. The van der Waals surface area contributed by atoms with Gasteiger partial charge in [-0.05, 0) is 22.6 Å². The van der Waals surface area contributed by atoms with E-state index in [1.165, 1.54) is 0 Å². The Bertz CT molecular complexity index is 179. The molecule has 0 N–H and O–H groups in total. The molecule has 1 aliphatic rings. The SMILES string of the molecule is O=[N+]([O-])C1(Br)COOC(I)C1. The lowest BCUT2D eigenvalue weighted by Crippen LogP contribution is -2.43. The second-order valence-corrected chi connectivity index (χ2v) is 5.01. The molecule has 1 saturated heterocycles. The zero-order chi connectivity index (χ0) is 8.48. The van der Waals surface area contributed by atoms with Crippen molar-refractivity contribution in [2.75, 3.05) is 6.61 Å². The molecule has 1 fully saturated rings. The second kappa shape index (κ2) is 3.50. The van der Waals surface area contributed by atoms with Gasteiger partial charge in [0.1, 0.15) is 0 Å². The van der Waals surface area contributed by atoms with Crippen LogP contribution in [0.3, 0.4) is 0 Å². The molecule has 0 aromatic carbocycles. The number of hydrogen-bond acceptors (Lipinski definition) is 4. The summed E-state index contributed by atoms with van der Waals surface area (Å²) < 4.78 is -1.44. The van der Waals surface area contributed by atoms with Gasteiger partial charge in [0.25, 0.3) is 0 Å². The van der Waals surface area contributed by atoms with Crippen molar-refractivity contribution in [3.05, 3.63) is 10.1 Å². The van der Waals surface area contributed by atoms with E-state index in [0.717, 1.165) is 0 Å². The number of hydrogen-bond donors (Lipinski definition) is 0. The Kier molecular flexibility index (Phi) is 3.06. The largest absolute Gasteiger partial charge is 0.303 e. The molecule has 0 spiro atoms. The molecule has 0 amide bonds. The number of halogens is 2. The first-order valence-corrected chi connectivity index (χ1v) is 4.84. The number of alkyl halides is 2. The van der Waals surface area contributed by atoms with E-state index in [2.05, 4.69) is 25.7 Å². The van der Waals surface area contributed by atoms with Crippen molar-refractivity contribution in [3.8, 4) is 0 Å². The van der Waals surface area contributed by atoms with Crippen LogP contribution in [-0.4, -0.2) is 20.1 Å². The minimum atomic E-state index is -1.17. The summed E-state index contributed by atoms with van der Waals surface area (Å²) in [5, 5.41) is 10.4. The number of nitrogens with zero attached hydrogens (tertiary/aromatic N) is 1. The van der Waals surface area contributed by atoms with Crippen molar-refractivity contribution < 1.29 is 14.7 Å².